The SMILES string of the molecule is OC1CCCc2cc(Cl)sc21. The smallest absolute Gasteiger partial charge is 0.0935 e. The van der Waals surface area contributed by atoms with E-state index in [0.717, 1.165) is 28.5 Å². The molecule has 0 saturated carbocycles. The summed E-state index contributed by atoms with van der Waals surface area (Å²) in [5.74, 6) is 0. The van der Waals surface area contributed by atoms with E-state index >= 15 is 0 Å². The second-order valence-electron chi connectivity index (χ2n) is 2.85. The summed E-state index contributed by atoms with van der Waals surface area (Å²) in [5.41, 5.74) is 1.25. The van der Waals surface area contributed by atoms with E-state index in [0.29, 0.717) is 0 Å². The molecule has 11 heavy (non-hydrogen) atoms. The van der Waals surface area contributed by atoms with E-state index in [1.807, 2.05) is 6.07 Å². The van der Waals surface area contributed by atoms with Crippen LogP contribution in [0.15, 0.2) is 6.07 Å². The van der Waals surface area contributed by atoms with Crippen LogP contribution >= 0.6 is 22.9 Å². The van der Waals surface area contributed by atoms with Crippen molar-refractivity contribution in [1.29, 1.82) is 0 Å². The molecule has 1 aliphatic carbocycles. The van der Waals surface area contributed by atoms with E-state index in [9.17, 15) is 5.11 Å². The van der Waals surface area contributed by atoms with Gasteiger partial charge in [0.05, 0.1) is 10.4 Å². The van der Waals surface area contributed by atoms with E-state index in [1.165, 1.54) is 16.9 Å². The summed E-state index contributed by atoms with van der Waals surface area (Å²) >= 11 is 7.34. The lowest BCUT2D eigenvalue weighted by Gasteiger charge is -2.16. The van der Waals surface area contributed by atoms with Gasteiger partial charge in [0.25, 0.3) is 0 Å². The molecule has 1 atom stereocenters. The fourth-order valence-corrected chi connectivity index (χ4v) is 2.84. The number of halogens is 1. The topological polar surface area (TPSA) is 20.2 Å². The Labute approximate surface area is 74.6 Å². The summed E-state index contributed by atoms with van der Waals surface area (Å²) in [6.45, 7) is 0. The molecule has 0 aromatic carbocycles. The lowest BCUT2D eigenvalue weighted by molar-refractivity contribution is 0.161. The summed E-state index contributed by atoms with van der Waals surface area (Å²) in [6.07, 6.45) is 2.80. The highest BCUT2D eigenvalue weighted by atomic mass is 35.5. The van der Waals surface area contributed by atoms with Crippen molar-refractivity contribution >= 4 is 22.9 Å². The predicted molar refractivity (Wildman–Crippen MR) is 47.2 cm³/mol. The number of aryl methyl sites for hydroxylation is 1. The van der Waals surface area contributed by atoms with Crippen molar-refractivity contribution < 1.29 is 5.11 Å². The third-order valence-corrected chi connectivity index (χ3v) is 3.45. The first-order valence-electron chi connectivity index (χ1n) is 3.73. The number of thiophene rings is 1. The van der Waals surface area contributed by atoms with Gasteiger partial charge in [0, 0.05) is 4.88 Å². The number of rotatable bonds is 0. The molecule has 0 amide bonds. The zero-order chi connectivity index (χ0) is 7.84. The Morgan fingerprint density at radius 2 is 2.45 bits per heavy atom. The van der Waals surface area contributed by atoms with Gasteiger partial charge in [0.1, 0.15) is 0 Å². The molecular formula is C8H9ClOS. The maximum Gasteiger partial charge on any atom is 0.0935 e. The first kappa shape index (κ1) is 7.59. The third-order valence-electron chi connectivity index (χ3n) is 2.04. The fraction of sp³-hybridized carbons (Fsp3) is 0.500. The second-order valence-corrected chi connectivity index (χ2v) is 4.56. The maximum atomic E-state index is 9.53. The van der Waals surface area contributed by atoms with E-state index in [-0.39, 0.29) is 6.10 Å². The molecule has 3 heteroatoms. The summed E-state index contributed by atoms with van der Waals surface area (Å²) in [6, 6.07) is 1.98. The molecule has 1 aromatic rings. The summed E-state index contributed by atoms with van der Waals surface area (Å²) in [7, 11) is 0. The number of hydrogen-bond donors (Lipinski definition) is 1. The van der Waals surface area contributed by atoms with Gasteiger partial charge in [-0.15, -0.1) is 11.3 Å². The lowest BCUT2D eigenvalue weighted by Crippen LogP contribution is -2.04. The summed E-state index contributed by atoms with van der Waals surface area (Å²) in [4.78, 5) is 1.08. The van der Waals surface area contributed by atoms with Gasteiger partial charge in [-0.2, -0.15) is 0 Å². The molecule has 1 N–H and O–H groups in total. The van der Waals surface area contributed by atoms with Crippen molar-refractivity contribution in [2.75, 3.05) is 0 Å². The average molecular weight is 189 g/mol. The first-order valence-corrected chi connectivity index (χ1v) is 4.93. The largest absolute Gasteiger partial charge is 0.388 e. The van der Waals surface area contributed by atoms with Crippen LogP contribution < -0.4 is 0 Å². The van der Waals surface area contributed by atoms with Crippen LogP contribution in [-0.2, 0) is 6.42 Å². The van der Waals surface area contributed by atoms with Crippen LogP contribution in [-0.4, -0.2) is 5.11 Å². The molecule has 0 bridgehead atoms. The van der Waals surface area contributed by atoms with Gasteiger partial charge in [0.15, 0.2) is 0 Å². The van der Waals surface area contributed by atoms with Gasteiger partial charge in [-0.05, 0) is 30.9 Å². The Balaban J connectivity index is 2.43. The predicted octanol–water partition coefficient (Wildman–Crippen LogP) is 2.77. The molecule has 1 nitrogen and oxygen atoms in total. The highest BCUT2D eigenvalue weighted by Gasteiger charge is 2.20. The minimum absolute atomic E-state index is 0.253. The molecule has 1 aromatic heterocycles. The second kappa shape index (κ2) is 2.77. The quantitative estimate of drug-likeness (QED) is 0.664. The Bertz CT molecular complexity index is 269. The average Bonchev–Trinajstić information content (AvgIpc) is 2.31. The van der Waals surface area contributed by atoms with Crippen LogP contribution in [0.1, 0.15) is 29.4 Å². The monoisotopic (exact) mass is 188 g/mol. The molecule has 60 valence electrons. The van der Waals surface area contributed by atoms with Crippen LogP contribution in [0.3, 0.4) is 0 Å². The molecule has 0 radical (unpaired) electrons. The van der Waals surface area contributed by atoms with Crippen molar-refractivity contribution in [3.8, 4) is 0 Å². The maximum absolute atomic E-state index is 9.53. The van der Waals surface area contributed by atoms with Crippen molar-refractivity contribution in [2.45, 2.75) is 25.4 Å². The standard InChI is InChI=1S/C8H9ClOS/c9-7-4-5-2-1-3-6(10)8(5)11-7/h4,6,10H,1-3H2. The highest BCUT2D eigenvalue weighted by Crippen LogP contribution is 2.37. The molecule has 2 rings (SSSR count). The van der Waals surface area contributed by atoms with E-state index < -0.39 is 0 Å². The summed E-state index contributed by atoms with van der Waals surface area (Å²) in [5, 5.41) is 9.53. The molecular weight excluding hydrogens is 180 g/mol. The molecule has 1 aliphatic rings. The van der Waals surface area contributed by atoms with Crippen LogP contribution in [0.4, 0.5) is 0 Å². The minimum atomic E-state index is -0.253. The molecule has 0 fully saturated rings. The third kappa shape index (κ3) is 1.31. The zero-order valence-corrected chi connectivity index (χ0v) is 7.58. The Morgan fingerprint density at radius 1 is 1.64 bits per heavy atom. The Hall–Kier alpha value is -0.0500. The molecule has 0 aliphatic heterocycles. The van der Waals surface area contributed by atoms with Gasteiger partial charge < -0.3 is 5.11 Å². The van der Waals surface area contributed by atoms with E-state index in [2.05, 4.69) is 0 Å². The molecule has 0 saturated heterocycles. The van der Waals surface area contributed by atoms with Crippen molar-refractivity contribution in [1.82, 2.24) is 0 Å². The van der Waals surface area contributed by atoms with Crippen LogP contribution in [0.2, 0.25) is 4.34 Å². The van der Waals surface area contributed by atoms with Crippen LogP contribution in [0.5, 0.6) is 0 Å². The van der Waals surface area contributed by atoms with Crippen LogP contribution in [0, 0.1) is 0 Å². The molecule has 1 unspecified atom stereocenters. The first-order chi connectivity index (χ1) is 5.27. The number of aliphatic hydroxyl groups excluding tert-OH is 1. The van der Waals surface area contributed by atoms with Gasteiger partial charge in [-0.25, -0.2) is 0 Å². The minimum Gasteiger partial charge on any atom is -0.388 e. The van der Waals surface area contributed by atoms with Gasteiger partial charge in [0.2, 0.25) is 0 Å². The van der Waals surface area contributed by atoms with Gasteiger partial charge in [-0.3, -0.25) is 0 Å². The zero-order valence-electron chi connectivity index (χ0n) is 6.01. The lowest BCUT2D eigenvalue weighted by atomic mass is 9.97. The van der Waals surface area contributed by atoms with Gasteiger partial charge >= 0.3 is 0 Å². The molecule has 1 heterocycles. The van der Waals surface area contributed by atoms with Crippen molar-refractivity contribution in [3.63, 3.8) is 0 Å². The number of aliphatic hydroxyl groups is 1. The fourth-order valence-electron chi connectivity index (χ4n) is 1.50. The van der Waals surface area contributed by atoms with E-state index in [1.54, 1.807) is 0 Å². The van der Waals surface area contributed by atoms with Crippen molar-refractivity contribution in [2.24, 2.45) is 0 Å². The highest BCUT2D eigenvalue weighted by molar-refractivity contribution is 7.16. The Kier molecular flexibility index (Phi) is 1.91. The number of hydrogen-bond acceptors (Lipinski definition) is 2. The molecule has 0 spiro atoms. The van der Waals surface area contributed by atoms with Gasteiger partial charge in [-0.1, -0.05) is 11.6 Å². The van der Waals surface area contributed by atoms with Crippen molar-refractivity contribution in [3.05, 3.63) is 20.8 Å². The number of fused-ring (bicyclic) bond motifs is 1. The Morgan fingerprint density at radius 3 is 3.18 bits per heavy atom. The summed E-state index contributed by atoms with van der Waals surface area (Å²) < 4.78 is 0.802. The van der Waals surface area contributed by atoms with E-state index in [4.69, 9.17) is 11.6 Å². The normalized spacial score (nSPS) is 23.3. The van der Waals surface area contributed by atoms with Crippen LogP contribution in [0.25, 0.3) is 0 Å².